The number of thioether (sulfide) groups is 1. The number of amides is 1. The van der Waals surface area contributed by atoms with Gasteiger partial charge in [-0.3, -0.25) is 4.79 Å². The van der Waals surface area contributed by atoms with Crippen LogP contribution in [0.3, 0.4) is 0 Å². The number of aromatic hydroxyl groups is 1. The number of phenolic OH excluding ortho intramolecular Hbond substituents is 1. The first-order valence-electron chi connectivity index (χ1n) is 8.69. The number of benzene rings is 2. The van der Waals surface area contributed by atoms with E-state index in [9.17, 15) is 9.90 Å². The average Bonchev–Trinajstić information content (AvgIpc) is 3.33. The molecule has 0 fully saturated rings. The number of hydrogen-bond donors (Lipinski definition) is 2. The molecule has 0 atom stereocenters. The smallest absolute Gasteiger partial charge is 0.234 e. The highest BCUT2D eigenvalue weighted by atomic mass is 32.2. The molecular weight excluding hydrogens is 380 g/mol. The summed E-state index contributed by atoms with van der Waals surface area (Å²) in [7, 11) is 0. The molecule has 2 N–H and O–H groups in total. The van der Waals surface area contributed by atoms with E-state index < -0.39 is 0 Å². The van der Waals surface area contributed by atoms with Crippen molar-refractivity contribution in [1.82, 2.24) is 14.8 Å². The van der Waals surface area contributed by atoms with Gasteiger partial charge < -0.3 is 24.5 Å². The summed E-state index contributed by atoms with van der Waals surface area (Å²) in [5.41, 5.74) is 1.50. The van der Waals surface area contributed by atoms with Gasteiger partial charge in [-0.25, -0.2) is 0 Å². The summed E-state index contributed by atoms with van der Waals surface area (Å²) in [5.74, 6) is 2.23. The number of aromatic nitrogens is 3. The largest absolute Gasteiger partial charge is 0.508 e. The van der Waals surface area contributed by atoms with Gasteiger partial charge in [0.2, 0.25) is 12.7 Å². The van der Waals surface area contributed by atoms with Gasteiger partial charge in [-0.15, -0.1) is 10.2 Å². The predicted molar refractivity (Wildman–Crippen MR) is 105 cm³/mol. The van der Waals surface area contributed by atoms with E-state index in [0.29, 0.717) is 34.7 Å². The minimum atomic E-state index is -0.152. The van der Waals surface area contributed by atoms with Crippen molar-refractivity contribution in [1.29, 1.82) is 0 Å². The lowest BCUT2D eigenvalue weighted by atomic mass is 10.2. The molecule has 0 aliphatic carbocycles. The third kappa shape index (κ3) is 3.74. The molecule has 8 nitrogen and oxygen atoms in total. The summed E-state index contributed by atoms with van der Waals surface area (Å²) >= 11 is 1.32. The third-order valence-corrected chi connectivity index (χ3v) is 5.11. The van der Waals surface area contributed by atoms with Crippen molar-refractivity contribution in [3.63, 3.8) is 0 Å². The van der Waals surface area contributed by atoms with Gasteiger partial charge in [0.1, 0.15) is 5.75 Å². The van der Waals surface area contributed by atoms with Crippen molar-refractivity contribution in [2.24, 2.45) is 0 Å². The van der Waals surface area contributed by atoms with Gasteiger partial charge in [-0.2, -0.15) is 0 Å². The van der Waals surface area contributed by atoms with E-state index in [2.05, 4.69) is 15.5 Å². The number of carbonyl (C=O) groups is 1. The topological polar surface area (TPSA) is 98.5 Å². The number of nitrogens with one attached hydrogen (secondary N) is 1. The highest BCUT2D eigenvalue weighted by Gasteiger charge is 2.16. The van der Waals surface area contributed by atoms with E-state index >= 15 is 0 Å². The van der Waals surface area contributed by atoms with E-state index in [1.807, 2.05) is 11.5 Å². The Labute approximate surface area is 165 Å². The van der Waals surface area contributed by atoms with Crippen LogP contribution in [0.15, 0.2) is 47.6 Å². The van der Waals surface area contributed by atoms with Crippen LogP contribution in [-0.2, 0) is 11.3 Å². The first-order chi connectivity index (χ1) is 13.6. The molecule has 1 aliphatic heterocycles. The maximum atomic E-state index is 12.3. The Morgan fingerprint density at radius 2 is 1.96 bits per heavy atom. The zero-order valence-corrected chi connectivity index (χ0v) is 15.9. The predicted octanol–water partition coefficient (Wildman–Crippen LogP) is 3.13. The minimum Gasteiger partial charge on any atom is -0.508 e. The number of phenols is 1. The van der Waals surface area contributed by atoms with Gasteiger partial charge >= 0.3 is 0 Å². The average molecular weight is 398 g/mol. The van der Waals surface area contributed by atoms with E-state index in [-0.39, 0.29) is 24.2 Å². The maximum Gasteiger partial charge on any atom is 0.234 e. The number of carbonyl (C=O) groups excluding carboxylic acids is 1. The number of hydrogen-bond acceptors (Lipinski definition) is 7. The molecule has 1 aromatic heterocycles. The number of ether oxygens (including phenoxy) is 2. The Balaban J connectivity index is 1.42. The van der Waals surface area contributed by atoms with Crippen LogP contribution in [0.25, 0.3) is 11.4 Å². The standard InChI is InChI=1S/C19H18N4O4S/c1-2-23-18(12-3-6-14(24)7-4-12)21-22-19(23)28-10-17(25)20-13-5-8-15-16(9-13)27-11-26-15/h3-9,24H,2,10-11H2,1H3,(H,20,25). The van der Waals surface area contributed by atoms with Gasteiger partial charge in [0.15, 0.2) is 22.5 Å². The second-order valence-electron chi connectivity index (χ2n) is 6.00. The van der Waals surface area contributed by atoms with Gasteiger partial charge in [0, 0.05) is 23.9 Å². The van der Waals surface area contributed by atoms with Crippen LogP contribution < -0.4 is 14.8 Å². The molecule has 1 aliphatic rings. The first kappa shape index (κ1) is 18.2. The molecule has 0 saturated heterocycles. The SMILES string of the molecule is CCn1c(SCC(=O)Nc2ccc3c(c2)OCO3)nnc1-c1ccc(O)cc1. The van der Waals surface area contributed by atoms with Crippen LogP contribution in [0.1, 0.15) is 6.92 Å². The monoisotopic (exact) mass is 398 g/mol. The van der Waals surface area contributed by atoms with E-state index in [1.54, 1.807) is 42.5 Å². The first-order valence-corrected chi connectivity index (χ1v) is 9.67. The van der Waals surface area contributed by atoms with Crippen molar-refractivity contribution in [2.75, 3.05) is 17.9 Å². The lowest BCUT2D eigenvalue weighted by molar-refractivity contribution is -0.113. The maximum absolute atomic E-state index is 12.3. The van der Waals surface area contributed by atoms with Crippen LogP contribution in [0.4, 0.5) is 5.69 Å². The van der Waals surface area contributed by atoms with Gasteiger partial charge in [0.25, 0.3) is 0 Å². The molecule has 0 unspecified atom stereocenters. The normalized spacial score (nSPS) is 12.2. The molecule has 9 heteroatoms. The molecule has 2 aromatic carbocycles. The number of rotatable bonds is 6. The fraction of sp³-hybridized carbons (Fsp3) is 0.211. The summed E-state index contributed by atoms with van der Waals surface area (Å²) in [6.45, 7) is 2.85. The van der Waals surface area contributed by atoms with Crippen LogP contribution >= 0.6 is 11.8 Å². The van der Waals surface area contributed by atoms with Crippen molar-refractivity contribution in [3.8, 4) is 28.6 Å². The fourth-order valence-electron chi connectivity index (χ4n) is 2.81. The van der Waals surface area contributed by atoms with Crippen molar-refractivity contribution >= 4 is 23.4 Å². The number of anilines is 1. The van der Waals surface area contributed by atoms with Gasteiger partial charge in [-0.05, 0) is 43.3 Å². The Morgan fingerprint density at radius 3 is 2.75 bits per heavy atom. The molecule has 0 radical (unpaired) electrons. The fourth-order valence-corrected chi connectivity index (χ4v) is 3.61. The molecule has 0 bridgehead atoms. The van der Waals surface area contributed by atoms with Crippen molar-refractivity contribution in [2.45, 2.75) is 18.6 Å². The Kier molecular flexibility index (Phi) is 5.07. The van der Waals surface area contributed by atoms with Gasteiger partial charge in [-0.1, -0.05) is 11.8 Å². The van der Waals surface area contributed by atoms with Gasteiger partial charge in [0.05, 0.1) is 5.75 Å². The summed E-state index contributed by atoms with van der Waals surface area (Å²) in [6, 6.07) is 12.1. The quantitative estimate of drug-likeness (QED) is 0.616. The highest BCUT2D eigenvalue weighted by Crippen LogP contribution is 2.34. The zero-order valence-electron chi connectivity index (χ0n) is 15.1. The molecule has 2 heterocycles. The molecule has 0 spiro atoms. The minimum absolute atomic E-state index is 0.152. The van der Waals surface area contributed by atoms with Crippen LogP contribution in [0.5, 0.6) is 17.2 Å². The van der Waals surface area contributed by atoms with Crippen molar-refractivity contribution < 1.29 is 19.4 Å². The second-order valence-corrected chi connectivity index (χ2v) is 6.94. The van der Waals surface area contributed by atoms with Crippen LogP contribution in [0.2, 0.25) is 0 Å². The number of nitrogens with zero attached hydrogens (tertiary/aromatic N) is 3. The highest BCUT2D eigenvalue weighted by molar-refractivity contribution is 7.99. The summed E-state index contributed by atoms with van der Waals surface area (Å²) in [6.07, 6.45) is 0. The Bertz CT molecular complexity index is 1000. The summed E-state index contributed by atoms with van der Waals surface area (Å²) in [5, 5.41) is 21.4. The molecule has 1 amide bonds. The molecule has 144 valence electrons. The lowest BCUT2D eigenvalue weighted by Gasteiger charge is -2.08. The van der Waals surface area contributed by atoms with Crippen molar-refractivity contribution in [3.05, 3.63) is 42.5 Å². The molecule has 0 saturated carbocycles. The van der Waals surface area contributed by atoms with Crippen LogP contribution in [-0.4, -0.2) is 38.3 Å². The summed E-state index contributed by atoms with van der Waals surface area (Å²) < 4.78 is 12.5. The van der Waals surface area contributed by atoms with E-state index in [0.717, 1.165) is 5.56 Å². The molecule has 28 heavy (non-hydrogen) atoms. The lowest BCUT2D eigenvalue weighted by Crippen LogP contribution is -2.14. The molecular formula is C19H18N4O4S. The number of fused-ring (bicyclic) bond motifs is 1. The van der Waals surface area contributed by atoms with Crippen LogP contribution in [0, 0.1) is 0 Å². The summed E-state index contributed by atoms with van der Waals surface area (Å²) in [4.78, 5) is 12.3. The van der Waals surface area contributed by atoms with E-state index in [1.165, 1.54) is 11.8 Å². The molecule has 4 rings (SSSR count). The zero-order chi connectivity index (χ0) is 19.5. The Morgan fingerprint density at radius 1 is 1.18 bits per heavy atom. The van der Waals surface area contributed by atoms with E-state index in [4.69, 9.17) is 9.47 Å². The third-order valence-electron chi connectivity index (χ3n) is 4.15. The molecule has 3 aromatic rings. The second kappa shape index (κ2) is 7.81. The Hall–Kier alpha value is -3.20.